The molecule has 0 aromatic heterocycles. The largest absolute Gasteiger partial charge is 0.481 e. The summed E-state index contributed by atoms with van der Waals surface area (Å²) >= 11 is 0. The fraction of sp³-hybridized carbons (Fsp3) is 0.231. The van der Waals surface area contributed by atoms with Crippen LogP contribution in [0.1, 0.15) is 12.0 Å². The number of carboxylic acids is 3. The highest BCUT2D eigenvalue weighted by Gasteiger charge is 2.14. The average Bonchev–Trinajstić information content (AvgIpc) is 2.39. The summed E-state index contributed by atoms with van der Waals surface area (Å²) in [5.41, 5.74) is 5.56. The van der Waals surface area contributed by atoms with Gasteiger partial charge in [-0.15, -0.1) is 0 Å². The number of Topliss-reactive ketones (excluding diaryl/α,β-unsaturated/α-hetero) is 1. The Morgan fingerprint density at radius 1 is 1.00 bits per heavy atom. The summed E-state index contributed by atoms with van der Waals surface area (Å²) in [6.07, 6.45) is -0.564. The van der Waals surface area contributed by atoms with Crippen molar-refractivity contribution in [2.75, 3.05) is 0 Å². The lowest BCUT2D eigenvalue weighted by Gasteiger charge is -1.99. The molecule has 21 heavy (non-hydrogen) atoms. The number of hydrogen-bond acceptors (Lipinski definition) is 5. The predicted molar refractivity (Wildman–Crippen MR) is 70.7 cm³/mol. The molecule has 0 bridgehead atoms. The maximum Gasteiger partial charge on any atom is 0.372 e. The second-order valence-corrected chi connectivity index (χ2v) is 3.93. The number of hydrogen-bond donors (Lipinski definition) is 4. The van der Waals surface area contributed by atoms with Gasteiger partial charge in [0.2, 0.25) is 5.78 Å². The Bertz CT molecular complexity index is 513. The molecule has 0 aliphatic rings. The molecule has 0 heterocycles. The first kappa shape index (κ1) is 18.3. The summed E-state index contributed by atoms with van der Waals surface area (Å²) in [5, 5.41) is 24.3. The number of carbonyl (C=O) groups excluding carboxylic acids is 1. The highest BCUT2D eigenvalue weighted by molar-refractivity contribution is 6.33. The number of carboxylic acid groups (broad SMARTS) is 3. The molecule has 0 fully saturated rings. The van der Waals surface area contributed by atoms with Crippen LogP contribution in [0.2, 0.25) is 0 Å². The fourth-order valence-electron chi connectivity index (χ4n) is 1.13. The molecule has 0 amide bonds. The Hall–Kier alpha value is -2.74. The molecule has 1 aromatic carbocycles. The molecule has 0 spiro atoms. The van der Waals surface area contributed by atoms with Crippen LogP contribution in [0.25, 0.3) is 0 Å². The van der Waals surface area contributed by atoms with Gasteiger partial charge in [-0.2, -0.15) is 0 Å². The van der Waals surface area contributed by atoms with Crippen molar-refractivity contribution in [1.29, 1.82) is 0 Å². The van der Waals surface area contributed by atoms with Crippen LogP contribution in [0.4, 0.5) is 0 Å². The minimum Gasteiger partial charge on any atom is -0.481 e. The van der Waals surface area contributed by atoms with Gasteiger partial charge < -0.3 is 21.1 Å². The van der Waals surface area contributed by atoms with Gasteiger partial charge in [-0.25, -0.2) is 4.79 Å². The van der Waals surface area contributed by atoms with Gasteiger partial charge in [-0.05, 0) is 5.56 Å². The second-order valence-electron chi connectivity index (χ2n) is 3.93. The van der Waals surface area contributed by atoms with Crippen LogP contribution >= 0.6 is 0 Å². The van der Waals surface area contributed by atoms with Crippen molar-refractivity contribution in [3.8, 4) is 0 Å². The zero-order valence-corrected chi connectivity index (χ0v) is 10.9. The van der Waals surface area contributed by atoms with E-state index in [4.69, 9.17) is 21.1 Å². The van der Waals surface area contributed by atoms with Crippen LogP contribution < -0.4 is 5.73 Å². The van der Waals surface area contributed by atoms with E-state index in [0.29, 0.717) is 0 Å². The Kier molecular flexibility index (Phi) is 8.01. The molecule has 8 nitrogen and oxygen atoms in total. The van der Waals surface area contributed by atoms with Crippen LogP contribution in [0.15, 0.2) is 30.3 Å². The van der Waals surface area contributed by atoms with Gasteiger partial charge in [0.25, 0.3) is 0 Å². The van der Waals surface area contributed by atoms with Gasteiger partial charge in [-0.3, -0.25) is 14.4 Å². The normalized spacial score (nSPS) is 10.7. The molecule has 5 N–H and O–H groups in total. The fourth-order valence-corrected chi connectivity index (χ4v) is 1.13. The maximum absolute atomic E-state index is 10.7. The summed E-state index contributed by atoms with van der Waals surface area (Å²) in [4.78, 5) is 40.5. The molecule has 1 atom stereocenters. The SMILES string of the molecule is N[C@@H](CC(=O)O)C(=O)O.O=C(O)C(=O)Cc1ccccc1. The Labute approximate surface area is 119 Å². The molecule has 0 aliphatic heterocycles. The third-order valence-corrected chi connectivity index (χ3v) is 2.16. The molecular weight excluding hydrogens is 282 g/mol. The van der Waals surface area contributed by atoms with E-state index in [-0.39, 0.29) is 6.42 Å². The van der Waals surface area contributed by atoms with Gasteiger partial charge in [0.05, 0.1) is 6.42 Å². The highest BCUT2D eigenvalue weighted by Crippen LogP contribution is 1.99. The van der Waals surface area contributed by atoms with Crippen LogP contribution in [0.3, 0.4) is 0 Å². The molecule has 0 saturated heterocycles. The second kappa shape index (κ2) is 9.21. The third kappa shape index (κ3) is 8.89. The minimum absolute atomic E-state index is 0.0316. The van der Waals surface area contributed by atoms with Gasteiger partial charge in [0.15, 0.2) is 0 Å². The first-order valence-corrected chi connectivity index (χ1v) is 5.74. The molecule has 0 unspecified atom stereocenters. The van der Waals surface area contributed by atoms with Crippen LogP contribution in [0, 0.1) is 0 Å². The smallest absolute Gasteiger partial charge is 0.372 e. The molecule has 1 aromatic rings. The topological polar surface area (TPSA) is 155 Å². The summed E-state index contributed by atoms with van der Waals surface area (Å²) in [5.74, 6) is -4.65. The first-order valence-electron chi connectivity index (χ1n) is 5.74. The van der Waals surface area contributed by atoms with E-state index in [1.807, 2.05) is 6.07 Å². The highest BCUT2D eigenvalue weighted by atomic mass is 16.4. The van der Waals surface area contributed by atoms with Gasteiger partial charge >= 0.3 is 17.9 Å². The van der Waals surface area contributed by atoms with E-state index in [0.717, 1.165) is 5.56 Å². The first-order chi connectivity index (χ1) is 9.73. The molecule has 1 rings (SSSR count). The monoisotopic (exact) mass is 297 g/mol. The molecule has 0 radical (unpaired) electrons. The molecule has 8 heteroatoms. The summed E-state index contributed by atoms with van der Waals surface area (Å²) in [6.45, 7) is 0. The Morgan fingerprint density at radius 3 is 1.86 bits per heavy atom. The maximum atomic E-state index is 10.7. The minimum atomic E-state index is -1.38. The quantitative estimate of drug-likeness (QED) is 0.524. The summed E-state index contributed by atoms with van der Waals surface area (Å²) in [7, 11) is 0. The van der Waals surface area contributed by atoms with Crippen molar-refractivity contribution >= 4 is 23.7 Å². The van der Waals surface area contributed by atoms with E-state index < -0.39 is 36.2 Å². The molecular formula is C13H15NO7. The standard InChI is InChI=1S/C9H8O3.C4H7NO4/c10-8(9(11)12)6-7-4-2-1-3-5-7;5-2(4(8)9)1-3(6)7/h1-5H,6H2,(H,11,12);2H,1,5H2,(H,6,7)(H,8,9)/t;2-/m.0/s1. The van der Waals surface area contributed by atoms with Crippen molar-refractivity contribution < 1.29 is 34.5 Å². The van der Waals surface area contributed by atoms with Crippen LogP contribution in [-0.4, -0.2) is 45.1 Å². The zero-order chi connectivity index (χ0) is 16.4. The van der Waals surface area contributed by atoms with Crippen molar-refractivity contribution in [1.82, 2.24) is 0 Å². The van der Waals surface area contributed by atoms with E-state index in [9.17, 15) is 19.2 Å². The van der Waals surface area contributed by atoms with E-state index in [2.05, 4.69) is 0 Å². The zero-order valence-electron chi connectivity index (χ0n) is 10.9. The van der Waals surface area contributed by atoms with Crippen LogP contribution in [0.5, 0.6) is 0 Å². The third-order valence-electron chi connectivity index (χ3n) is 2.16. The predicted octanol–water partition coefficient (Wildman–Crippen LogP) is -0.244. The van der Waals surface area contributed by atoms with Gasteiger partial charge in [0.1, 0.15) is 6.04 Å². The van der Waals surface area contributed by atoms with Crippen molar-refractivity contribution in [2.45, 2.75) is 18.9 Å². The van der Waals surface area contributed by atoms with E-state index in [1.54, 1.807) is 24.3 Å². The molecule has 0 saturated carbocycles. The lowest BCUT2D eigenvalue weighted by Crippen LogP contribution is -2.32. The number of aliphatic carboxylic acids is 3. The van der Waals surface area contributed by atoms with Crippen LogP contribution in [-0.2, 0) is 25.6 Å². The summed E-state index contributed by atoms with van der Waals surface area (Å²) < 4.78 is 0. The lowest BCUT2D eigenvalue weighted by molar-refractivity contribution is -0.148. The Balaban J connectivity index is 0.000000400. The molecule has 0 aliphatic carbocycles. The number of ketones is 1. The van der Waals surface area contributed by atoms with Gasteiger partial charge in [0, 0.05) is 6.42 Å². The van der Waals surface area contributed by atoms with Crippen molar-refractivity contribution in [3.05, 3.63) is 35.9 Å². The number of carbonyl (C=O) groups is 4. The number of nitrogens with two attached hydrogens (primary N) is 1. The van der Waals surface area contributed by atoms with Crippen molar-refractivity contribution in [2.24, 2.45) is 5.73 Å². The molecule has 114 valence electrons. The Morgan fingerprint density at radius 2 is 1.52 bits per heavy atom. The van der Waals surface area contributed by atoms with Gasteiger partial charge in [-0.1, -0.05) is 30.3 Å². The number of rotatable bonds is 6. The van der Waals surface area contributed by atoms with E-state index >= 15 is 0 Å². The van der Waals surface area contributed by atoms with Crippen molar-refractivity contribution in [3.63, 3.8) is 0 Å². The summed E-state index contributed by atoms with van der Waals surface area (Å²) in [6, 6.07) is 7.51. The lowest BCUT2D eigenvalue weighted by atomic mass is 10.1. The van der Waals surface area contributed by atoms with E-state index in [1.165, 1.54) is 0 Å². The number of benzene rings is 1. The average molecular weight is 297 g/mol.